The highest BCUT2D eigenvalue weighted by Crippen LogP contribution is 1.93. The van der Waals surface area contributed by atoms with Crippen molar-refractivity contribution in [2.45, 2.75) is 0 Å². The van der Waals surface area contributed by atoms with Crippen molar-refractivity contribution in [1.29, 1.82) is 0 Å². The Hall–Kier alpha value is -2.05. The van der Waals surface area contributed by atoms with Crippen LogP contribution in [0.4, 0.5) is 10.7 Å². The largest absolute Gasteiger partial charge is 0.352 e. The molecule has 0 aromatic carbocycles. The lowest BCUT2D eigenvalue weighted by atomic mass is 10.6. The predicted molar refractivity (Wildman–Crippen MR) is 44.8 cm³/mol. The monoisotopic (exact) mass is 183 g/mol. The van der Waals surface area contributed by atoms with E-state index in [0.29, 0.717) is 5.95 Å². The molecule has 0 atom stereocenters. The number of carbonyl (C=O) groups excluding carboxylic acids is 2. The van der Waals surface area contributed by atoms with Crippen LogP contribution in [0.15, 0.2) is 12.4 Å². The first-order chi connectivity index (χ1) is 6.18. The molecule has 0 unspecified atom stereocenters. The van der Waals surface area contributed by atoms with Gasteiger partial charge in [-0.05, 0) is 0 Å². The van der Waals surface area contributed by atoms with Crippen LogP contribution in [0.25, 0.3) is 0 Å². The van der Waals surface area contributed by atoms with Crippen LogP contribution in [0.1, 0.15) is 0 Å². The number of rotatable bonds is 3. The Balaban J connectivity index is 2.30. The Morgan fingerprint density at radius 3 is 2.92 bits per heavy atom. The van der Waals surface area contributed by atoms with Gasteiger partial charge in [0.15, 0.2) is 0 Å². The number of nitrogens with zero attached hydrogens (tertiary/aromatic N) is 1. The highest BCUT2D eigenvalue weighted by Gasteiger charge is 2.03. The summed E-state index contributed by atoms with van der Waals surface area (Å²) in [4.78, 5) is 27.6. The maximum atomic E-state index is 11.0. The number of urea groups is 1. The van der Waals surface area contributed by atoms with Gasteiger partial charge in [0.05, 0.1) is 6.54 Å². The van der Waals surface area contributed by atoms with Gasteiger partial charge in [0.25, 0.3) is 0 Å². The summed E-state index contributed by atoms with van der Waals surface area (Å²) in [6, 6.07) is -0.741. The topological polar surface area (TPSA) is 113 Å². The zero-order chi connectivity index (χ0) is 9.68. The number of aromatic nitrogens is 2. The molecule has 0 spiro atoms. The number of nitrogens with one attached hydrogen (secondary N) is 3. The van der Waals surface area contributed by atoms with Crippen molar-refractivity contribution in [3.63, 3.8) is 0 Å². The van der Waals surface area contributed by atoms with Crippen LogP contribution in [-0.2, 0) is 4.79 Å². The molecule has 5 N–H and O–H groups in total. The number of amides is 3. The van der Waals surface area contributed by atoms with Crippen LogP contribution in [-0.4, -0.2) is 28.5 Å². The fourth-order valence-electron chi connectivity index (χ4n) is 0.677. The van der Waals surface area contributed by atoms with Crippen LogP contribution >= 0.6 is 0 Å². The van der Waals surface area contributed by atoms with Gasteiger partial charge in [-0.2, -0.15) is 0 Å². The summed E-state index contributed by atoms with van der Waals surface area (Å²) in [7, 11) is 0. The molecule has 0 radical (unpaired) electrons. The van der Waals surface area contributed by atoms with E-state index < -0.39 is 11.9 Å². The van der Waals surface area contributed by atoms with Crippen molar-refractivity contribution in [3.05, 3.63) is 12.4 Å². The first-order valence-electron chi connectivity index (χ1n) is 3.51. The SMILES string of the molecule is NC(=O)NCC(=O)Nc1ncc[nH]1. The number of hydrogen-bond acceptors (Lipinski definition) is 3. The molecule has 0 saturated heterocycles. The molecule has 0 fully saturated rings. The standard InChI is InChI=1S/C6H9N5O2/c7-5(13)10-3-4(12)11-6-8-1-2-9-6/h1-2H,3H2,(H3,7,10,13)(H2,8,9,11,12). The summed E-state index contributed by atoms with van der Waals surface area (Å²) in [6.45, 7) is -0.171. The molecule has 0 aliphatic carbocycles. The van der Waals surface area contributed by atoms with Gasteiger partial charge in [-0.3, -0.25) is 10.1 Å². The predicted octanol–water partition coefficient (Wildman–Crippen LogP) is -0.984. The number of nitrogens with two attached hydrogens (primary N) is 1. The number of imidazole rings is 1. The molecule has 7 nitrogen and oxygen atoms in total. The lowest BCUT2D eigenvalue weighted by Gasteiger charge is -2.01. The number of hydrogen-bond donors (Lipinski definition) is 4. The number of aromatic amines is 1. The molecular formula is C6H9N5O2. The van der Waals surface area contributed by atoms with E-state index >= 15 is 0 Å². The highest BCUT2D eigenvalue weighted by molar-refractivity contribution is 5.92. The second-order valence-electron chi connectivity index (χ2n) is 2.20. The van der Waals surface area contributed by atoms with E-state index in [0.717, 1.165) is 0 Å². The summed E-state index contributed by atoms with van der Waals surface area (Å²) in [5.41, 5.74) is 4.76. The van der Waals surface area contributed by atoms with Crippen molar-refractivity contribution in [3.8, 4) is 0 Å². The first kappa shape index (κ1) is 9.04. The average Bonchev–Trinajstić information content (AvgIpc) is 2.53. The smallest absolute Gasteiger partial charge is 0.312 e. The molecule has 13 heavy (non-hydrogen) atoms. The lowest BCUT2D eigenvalue weighted by molar-refractivity contribution is -0.115. The van der Waals surface area contributed by atoms with Gasteiger partial charge in [0.1, 0.15) is 0 Å². The molecule has 1 aromatic heterocycles. The van der Waals surface area contributed by atoms with E-state index in [4.69, 9.17) is 5.73 Å². The molecule has 0 aliphatic rings. The normalized spacial score (nSPS) is 9.23. The minimum Gasteiger partial charge on any atom is -0.352 e. The summed E-state index contributed by atoms with van der Waals surface area (Å²) >= 11 is 0. The van der Waals surface area contributed by atoms with E-state index in [9.17, 15) is 9.59 Å². The van der Waals surface area contributed by atoms with E-state index in [1.54, 1.807) is 6.20 Å². The van der Waals surface area contributed by atoms with Crippen LogP contribution < -0.4 is 16.4 Å². The zero-order valence-electron chi connectivity index (χ0n) is 6.70. The molecule has 0 saturated carbocycles. The first-order valence-corrected chi connectivity index (χ1v) is 3.51. The van der Waals surface area contributed by atoms with Gasteiger partial charge in [0, 0.05) is 12.4 Å². The molecule has 1 aromatic rings. The Morgan fingerprint density at radius 1 is 1.62 bits per heavy atom. The van der Waals surface area contributed by atoms with Crippen LogP contribution in [0.2, 0.25) is 0 Å². The number of H-pyrrole nitrogens is 1. The van der Waals surface area contributed by atoms with E-state index in [1.165, 1.54) is 6.20 Å². The second kappa shape index (κ2) is 4.10. The van der Waals surface area contributed by atoms with E-state index in [1.807, 2.05) is 0 Å². The summed E-state index contributed by atoms with van der Waals surface area (Å²) in [5.74, 6) is -0.0648. The van der Waals surface area contributed by atoms with Gasteiger partial charge in [0.2, 0.25) is 11.9 Å². The third kappa shape index (κ3) is 3.23. The Bertz CT molecular complexity index is 294. The maximum Gasteiger partial charge on any atom is 0.312 e. The van der Waals surface area contributed by atoms with E-state index in [2.05, 4.69) is 20.6 Å². The van der Waals surface area contributed by atoms with Gasteiger partial charge < -0.3 is 16.0 Å². The van der Waals surface area contributed by atoms with Gasteiger partial charge in [-0.1, -0.05) is 0 Å². The Labute approximate surface area is 73.7 Å². The Morgan fingerprint density at radius 2 is 2.38 bits per heavy atom. The summed E-state index contributed by atoms with van der Waals surface area (Å²) in [6.07, 6.45) is 3.06. The van der Waals surface area contributed by atoms with Crippen molar-refractivity contribution >= 4 is 17.9 Å². The molecule has 70 valence electrons. The minimum atomic E-state index is -0.741. The molecule has 0 aliphatic heterocycles. The summed E-state index contributed by atoms with van der Waals surface area (Å²) in [5, 5.41) is 4.54. The zero-order valence-corrected chi connectivity index (χ0v) is 6.70. The van der Waals surface area contributed by atoms with Crippen LogP contribution in [0.3, 0.4) is 0 Å². The quantitative estimate of drug-likeness (QED) is 0.482. The van der Waals surface area contributed by atoms with Crippen molar-refractivity contribution in [2.75, 3.05) is 11.9 Å². The van der Waals surface area contributed by atoms with Gasteiger partial charge >= 0.3 is 6.03 Å². The number of carbonyl (C=O) groups is 2. The number of anilines is 1. The fraction of sp³-hybridized carbons (Fsp3) is 0.167. The Kier molecular flexibility index (Phi) is 2.85. The van der Waals surface area contributed by atoms with Crippen LogP contribution in [0.5, 0.6) is 0 Å². The van der Waals surface area contributed by atoms with Gasteiger partial charge in [-0.25, -0.2) is 9.78 Å². The third-order valence-corrected chi connectivity index (χ3v) is 1.18. The van der Waals surface area contributed by atoms with E-state index in [-0.39, 0.29) is 6.54 Å². The average molecular weight is 183 g/mol. The van der Waals surface area contributed by atoms with Crippen molar-refractivity contribution < 1.29 is 9.59 Å². The second-order valence-corrected chi connectivity index (χ2v) is 2.20. The summed E-state index contributed by atoms with van der Waals surface area (Å²) < 4.78 is 0. The van der Waals surface area contributed by atoms with Crippen molar-refractivity contribution in [2.24, 2.45) is 5.73 Å². The molecule has 1 heterocycles. The molecule has 1 rings (SSSR count). The van der Waals surface area contributed by atoms with Gasteiger partial charge in [-0.15, -0.1) is 0 Å². The third-order valence-electron chi connectivity index (χ3n) is 1.18. The lowest BCUT2D eigenvalue weighted by Crippen LogP contribution is -2.36. The molecule has 0 bridgehead atoms. The molecule has 7 heteroatoms. The fourth-order valence-corrected chi connectivity index (χ4v) is 0.677. The molecular weight excluding hydrogens is 174 g/mol. The minimum absolute atomic E-state index is 0.171. The van der Waals surface area contributed by atoms with Crippen molar-refractivity contribution in [1.82, 2.24) is 15.3 Å². The highest BCUT2D eigenvalue weighted by atomic mass is 16.2. The number of primary amides is 1. The maximum absolute atomic E-state index is 11.0. The van der Waals surface area contributed by atoms with Crippen LogP contribution in [0, 0.1) is 0 Å². The molecule has 3 amide bonds.